The number of hydrogen-bond acceptors (Lipinski definition) is 2. The van der Waals surface area contributed by atoms with Crippen molar-refractivity contribution in [2.75, 3.05) is 0 Å². The first-order valence-corrected chi connectivity index (χ1v) is 11.1. The fourth-order valence-electron chi connectivity index (χ4n) is 8.44. The lowest BCUT2D eigenvalue weighted by molar-refractivity contribution is -0.152. The molecule has 0 saturated heterocycles. The minimum Gasteiger partial charge on any atom is -0.390 e. The number of aliphatic hydroxyl groups is 1. The molecule has 0 radical (unpaired) electrons. The van der Waals surface area contributed by atoms with Gasteiger partial charge in [-0.3, -0.25) is 4.79 Å². The van der Waals surface area contributed by atoms with Gasteiger partial charge in [-0.2, -0.15) is 0 Å². The van der Waals surface area contributed by atoms with E-state index < -0.39 is 5.60 Å². The largest absolute Gasteiger partial charge is 0.390 e. The van der Waals surface area contributed by atoms with E-state index in [0.717, 1.165) is 43.4 Å². The number of fused-ring (bicyclic) bond motifs is 5. The Hall–Kier alpha value is -0.630. The van der Waals surface area contributed by atoms with Gasteiger partial charge in [-0.15, -0.1) is 6.58 Å². The molecular weight excluding hydrogens is 320 g/mol. The molecule has 4 aliphatic carbocycles. The molecule has 0 unspecified atom stereocenters. The summed E-state index contributed by atoms with van der Waals surface area (Å²) in [6.07, 6.45) is 13.2. The first-order chi connectivity index (χ1) is 12.2. The summed E-state index contributed by atoms with van der Waals surface area (Å²) in [5.74, 6) is 3.77. The van der Waals surface area contributed by atoms with Gasteiger partial charge in [0.25, 0.3) is 0 Å². The van der Waals surface area contributed by atoms with Gasteiger partial charge in [0, 0.05) is 5.92 Å². The van der Waals surface area contributed by atoms with Crippen molar-refractivity contribution in [1.29, 1.82) is 0 Å². The topological polar surface area (TPSA) is 37.3 Å². The molecule has 0 aromatic heterocycles. The van der Waals surface area contributed by atoms with Gasteiger partial charge in [0.1, 0.15) is 5.78 Å². The highest BCUT2D eigenvalue weighted by molar-refractivity contribution is 5.79. The fourth-order valence-corrected chi connectivity index (χ4v) is 8.44. The number of rotatable bonds is 3. The molecular formula is C24H38O2. The van der Waals surface area contributed by atoms with Gasteiger partial charge in [0.15, 0.2) is 0 Å². The second kappa shape index (κ2) is 6.19. The van der Waals surface area contributed by atoms with Crippen LogP contribution in [0.3, 0.4) is 0 Å². The third-order valence-electron chi connectivity index (χ3n) is 9.84. The molecule has 26 heavy (non-hydrogen) atoms. The molecule has 0 amide bonds. The van der Waals surface area contributed by atoms with Crippen molar-refractivity contribution in [3.8, 4) is 0 Å². The van der Waals surface area contributed by atoms with Gasteiger partial charge in [-0.05, 0) is 106 Å². The van der Waals surface area contributed by atoms with E-state index in [0.29, 0.717) is 23.0 Å². The van der Waals surface area contributed by atoms with Crippen molar-refractivity contribution in [2.45, 2.75) is 90.6 Å². The molecule has 1 N–H and O–H groups in total. The highest BCUT2D eigenvalue weighted by Gasteiger charge is 2.61. The van der Waals surface area contributed by atoms with Crippen molar-refractivity contribution in [2.24, 2.45) is 40.4 Å². The lowest BCUT2D eigenvalue weighted by Gasteiger charge is -2.62. The van der Waals surface area contributed by atoms with Gasteiger partial charge in [-0.25, -0.2) is 0 Å². The summed E-state index contributed by atoms with van der Waals surface area (Å²) in [4.78, 5) is 12.3. The van der Waals surface area contributed by atoms with Crippen LogP contribution in [0.5, 0.6) is 0 Å². The molecule has 0 bridgehead atoms. The van der Waals surface area contributed by atoms with Crippen molar-refractivity contribution in [3.05, 3.63) is 12.7 Å². The Bertz CT molecular complexity index is 597. The fraction of sp³-hybridized carbons (Fsp3) is 0.875. The Morgan fingerprint density at radius 3 is 2.46 bits per heavy atom. The number of Topliss-reactive ketones (excluding diaryl/α,β-unsaturated/α-hetero) is 1. The van der Waals surface area contributed by atoms with Crippen LogP contribution in [0.4, 0.5) is 0 Å². The van der Waals surface area contributed by atoms with Crippen LogP contribution >= 0.6 is 0 Å². The average Bonchev–Trinajstić information content (AvgIpc) is 2.93. The van der Waals surface area contributed by atoms with Crippen molar-refractivity contribution in [3.63, 3.8) is 0 Å². The number of carbonyl (C=O) groups excluding carboxylic acids is 1. The Labute approximate surface area is 159 Å². The van der Waals surface area contributed by atoms with Gasteiger partial charge in [-0.1, -0.05) is 19.9 Å². The SMILES string of the molecule is C=CC[C@@]1(O)CC[C@@]2(C)[C@@H](CC[C@@H]3[C@@H]2CC[C@]2(C)[C@@H](C(C)=O)CC[C@@H]32)C1. The van der Waals surface area contributed by atoms with Crippen LogP contribution in [0, 0.1) is 40.4 Å². The molecule has 4 rings (SSSR count). The first kappa shape index (κ1) is 18.7. The van der Waals surface area contributed by atoms with E-state index in [1.165, 1.54) is 38.5 Å². The van der Waals surface area contributed by atoms with Crippen LogP contribution in [0.2, 0.25) is 0 Å². The quantitative estimate of drug-likeness (QED) is 0.672. The van der Waals surface area contributed by atoms with Crippen LogP contribution in [-0.4, -0.2) is 16.5 Å². The Morgan fingerprint density at radius 2 is 1.77 bits per heavy atom. The predicted octanol–water partition coefficient (Wildman–Crippen LogP) is 5.54. The third-order valence-corrected chi connectivity index (χ3v) is 9.84. The molecule has 0 aromatic carbocycles. The summed E-state index contributed by atoms with van der Waals surface area (Å²) >= 11 is 0. The lowest BCUT2D eigenvalue weighted by Crippen LogP contribution is -2.56. The van der Waals surface area contributed by atoms with Gasteiger partial charge in [0.05, 0.1) is 5.60 Å². The Balaban J connectivity index is 1.57. The van der Waals surface area contributed by atoms with Crippen molar-refractivity contribution < 1.29 is 9.90 Å². The zero-order valence-corrected chi connectivity index (χ0v) is 17.1. The maximum atomic E-state index is 12.3. The second-order valence-corrected chi connectivity index (χ2v) is 10.9. The summed E-state index contributed by atoms with van der Waals surface area (Å²) in [6, 6.07) is 0. The van der Waals surface area contributed by atoms with E-state index in [-0.39, 0.29) is 5.41 Å². The van der Waals surface area contributed by atoms with Crippen LogP contribution in [0.1, 0.15) is 85.0 Å². The van der Waals surface area contributed by atoms with E-state index in [1.807, 2.05) is 13.0 Å². The second-order valence-electron chi connectivity index (χ2n) is 10.9. The molecule has 4 saturated carbocycles. The monoisotopic (exact) mass is 358 g/mol. The number of carbonyl (C=O) groups is 1. The molecule has 0 heterocycles. The molecule has 2 nitrogen and oxygen atoms in total. The van der Waals surface area contributed by atoms with E-state index in [9.17, 15) is 9.90 Å². The Kier molecular flexibility index (Phi) is 4.46. The summed E-state index contributed by atoms with van der Waals surface area (Å²) in [6.45, 7) is 10.7. The summed E-state index contributed by atoms with van der Waals surface area (Å²) in [7, 11) is 0. The Morgan fingerprint density at radius 1 is 1.04 bits per heavy atom. The van der Waals surface area contributed by atoms with Crippen LogP contribution < -0.4 is 0 Å². The van der Waals surface area contributed by atoms with Gasteiger partial charge >= 0.3 is 0 Å². The molecule has 0 aromatic rings. The van der Waals surface area contributed by atoms with E-state index in [4.69, 9.17) is 0 Å². The normalized spacial score (nSPS) is 53.3. The first-order valence-electron chi connectivity index (χ1n) is 11.1. The molecule has 146 valence electrons. The molecule has 4 fully saturated rings. The van der Waals surface area contributed by atoms with Crippen LogP contribution in [0.15, 0.2) is 12.7 Å². The van der Waals surface area contributed by atoms with E-state index in [1.54, 1.807) is 0 Å². The van der Waals surface area contributed by atoms with Crippen LogP contribution in [-0.2, 0) is 4.79 Å². The standard InChI is InChI=1S/C24H38O2/c1-5-11-24(26)14-13-22(3)17(15-24)6-7-18-20-9-8-19(16(2)25)23(20,4)12-10-21(18)22/h5,17-21,26H,1,6-15H2,2-4H3/t17-,18-,19+,20-,21-,22-,23+,24+/m0/s1. The van der Waals surface area contributed by atoms with Gasteiger partial charge < -0.3 is 5.11 Å². The third kappa shape index (κ3) is 2.58. The minimum absolute atomic E-state index is 0.258. The zero-order valence-electron chi connectivity index (χ0n) is 17.1. The maximum absolute atomic E-state index is 12.3. The number of hydrogen-bond donors (Lipinski definition) is 1. The summed E-state index contributed by atoms with van der Waals surface area (Å²) < 4.78 is 0. The number of ketones is 1. The van der Waals surface area contributed by atoms with E-state index >= 15 is 0 Å². The van der Waals surface area contributed by atoms with Gasteiger partial charge in [0.2, 0.25) is 0 Å². The average molecular weight is 359 g/mol. The molecule has 0 aliphatic heterocycles. The predicted molar refractivity (Wildman–Crippen MR) is 106 cm³/mol. The van der Waals surface area contributed by atoms with Crippen molar-refractivity contribution >= 4 is 5.78 Å². The highest BCUT2D eigenvalue weighted by Crippen LogP contribution is 2.68. The lowest BCUT2D eigenvalue weighted by atomic mass is 9.43. The smallest absolute Gasteiger partial charge is 0.133 e. The summed E-state index contributed by atoms with van der Waals surface area (Å²) in [5.41, 5.74) is 0.148. The molecule has 2 heteroatoms. The highest BCUT2D eigenvalue weighted by atomic mass is 16.3. The van der Waals surface area contributed by atoms with Crippen LogP contribution in [0.25, 0.3) is 0 Å². The molecule has 0 spiro atoms. The van der Waals surface area contributed by atoms with E-state index in [2.05, 4.69) is 20.4 Å². The summed E-state index contributed by atoms with van der Waals surface area (Å²) in [5, 5.41) is 11.0. The van der Waals surface area contributed by atoms with Crippen molar-refractivity contribution in [1.82, 2.24) is 0 Å². The molecule has 4 aliphatic rings. The minimum atomic E-state index is -0.505. The maximum Gasteiger partial charge on any atom is 0.133 e. The zero-order chi connectivity index (χ0) is 18.7. The molecule has 8 atom stereocenters.